The predicted molar refractivity (Wildman–Crippen MR) is 56.3 cm³/mol. The molecule has 0 bridgehead atoms. The summed E-state index contributed by atoms with van der Waals surface area (Å²) in [7, 11) is 0. The van der Waals surface area contributed by atoms with Gasteiger partial charge in [0.05, 0.1) is 12.4 Å². The maximum atomic E-state index is 5.54. The Bertz CT molecular complexity index is 423. The van der Waals surface area contributed by atoms with Crippen LogP contribution < -0.4 is 0 Å². The summed E-state index contributed by atoms with van der Waals surface area (Å²) in [6, 6.07) is 0. The summed E-state index contributed by atoms with van der Waals surface area (Å²) in [5.41, 5.74) is 1.39. The number of aliphatic imine (C=N–C) groups is 2. The third-order valence-corrected chi connectivity index (χ3v) is 2.31. The van der Waals surface area contributed by atoms with E-state index >= 15 is 0 Å². The van der Waals surface area contributed by atoms with E-state index in [2.05, 4.69) is 9.98 Å². The van der Waals surface area contributed by atoms with Gasteiger partial charge < -0.3 is 9.47 Å². The highest BCUT2D eigenvalue weighted by Gasteiger charge is 2.45. The second-order valence-corrected chi connectivity index (χ2v) is 3.17. The van der Waals surface area contributed by atoms with Crippen molar-refractivity contribution in [1.29, 1.82) is 0 Å². The Hall–Kier alpha value is -2.10. The molecule has 0 radical (unpaired) electrons. The Labute approximate surface area is 86.6 Å². The highest BCUT2D eigenvalue weighted by molar-refractivity contribution is 6.23. The smallest absolute Gasteiger partial charge is 0.339 e. The van der Waals surface area contributed by atoms with Gasteiger partial charge in [0.15, 0.2) is 0 Å². The van der Waals surface area contributed by atoms with Crippen molar-refractivity contribution in [2.24, 2.45) is 9.98 Å². The van der Waals surface area contributed by atoms with Crippen LogP contribution in [-0.4, -0.2) is 17.2 Å². The average molecular weight is 200 g/mol. The minimum atomic E-state index is -0.993. The maximum Gasteiger partial charge on any atom is 0.339 e. The molecule has 0 aromatic heterocycles. The van der Waals surface area contributed by atoms with Crippen LogP contribution in [0.15, 0.2) is 59.2 Å². The molecule has 1 spiro atoms. The topological polar surface area (TPSA) is 43.2 Å². The molecule has 0 aromatic carbocycles. The monoisotopic (exact) mass is 200 g/mol. The fourth-order valence-corrected chi connectivity index (χ4v) is 1.64. The zero-order valence-electron chi connectivity index (χ0n) is 7.83. The first-order valence-electron chi connectivity index (χ1n) is 4.59. The average Bonchev–Trinajstić information content (AvgIpc) is 2.47. The standard InChI is InChI=1S/C11H8N2O2/c1-2-4-10-11(15-8-6-13-10)9(3-1)12-5-7-14-11/h1-8H. The van der Waals surface area contributed by atoms with Gasteiger partial charge in [0, 0.05) is 0 Å². The minimum Gasteiger partial charge on any atom is -0.448 e. The number of ether oxygens (including phenoxy) is 2. The molecule has 2 heterocycles. The van der Waals surface area contributed by atoms with Crippen molar-refractivity contribution in [3.63, 3.8) is 0 Å². The van der Waals surface area contributed by atoms with Gasteiger partial charge in [0.1, 0.15) is 23.9 Å². The number of rotatable bonds is 0. The first-order valence-corrected chi connectivity index (χ1v) is 4.59. The van der Waals surface area contributed by atoms with Crippen molar-refractivity contribution in [3.05, 3.63) is 49.2 Å². The summed E-state index contributed by atoms with van der Waals surface area (Å²) in [6.45, 7) is 0. The lowest BCUT2D eigenvalue weighted by atomic mass is 10.0. The van der Waals surface area contributed by atoms with Crippen molar-refractivity contribution < 1.29 is 9.47 Å². The van der Waals surface area contributed by atoms with E-state index in [1.165, 1.54) is 12.5 Å². The highest BCUT2D eigenvalue weighted by Crippen LogP contribution is 2.28. The molecule has 0 saturated carbocycles. The second kappa shape index (κ2) is 2.95. The van der Waals surface area contributed by atoms with Crippen LogP contribution in [0, 0.1) is 0 Å². The highest BCUT2D eigenvalue weighted by atomic mass is 16.7. The summed E-state index contributed by atoms with van der Waals surface area (Å²) in [5.74, 6) is -0.993. The molecular weight excluding hydrogens is 192 g/mol. The van der Waals surface area contributed by atoms with Gasteiger partial charge in [-0.1, -0.05) is 12.2 Å². The van der Waals surface area contributed by atoms with Gasteiger partial charge in [-0.2, -0.15) is 0 Å². The zero-order chi connectivity index (χ0) is 10.1. The molecule has 0 fully saturated rings. The molecule has 0 saturated heterocycles. The van der Waals surface area contributed by atoms with Crippen molar-refractivity contribution in [2.75, 3.05) is 0 Å². The predicted octanol–water partition coefficient (Wildman–Crippen LogP) is 1.69. The number of nitrogens with zero attached hydrogens (tertiary/aromatic N) is 2. The number of allylic oxidation sites excluding steroid dienone is 2. The maximum absolute atomic E-state index is 5.54. The molecule has 4 heteroatoms. The fraction of sp³-hybridized carbons (Fsp3) is 0.0909. The van der Waals surface area contributed by atoms with E-state index in [4.69, 9.17) is 9.47 Å². The molecule has 3 aliphatic rings. The molecule has 15 heavy (non-hydrogen) atoms. The number of hydrogen-bond donors (Lipinski definition) is 0. The lowest BCUT2D eigenvalue weighted by molar-refractivity contribution is -0.0625. The lowest BCUT2D eigenvalue weighted by Gasteiger charge is -2.33. The lowest BCUT2D eigenvalue weighted by Crippen LogP contribution is -2.49. The van der Waals surface area contributed by atoms with Crippen LogP contribution in [-0.2, 0) is 9.47 Å². The Balaban J connectivity index is 2.19. The number of hydrogen-bond acceptors (Lipinski definition) is 4. The third-order valence-electron chi connectivity index (χ3n) is 2.31. The largest absolute Gasteiger partial charge is 0.448 e. The molecule has 1 aliphatic carbocycles. The van der Waals surface area contributed by atoms with Gasteiger partial charge in [0.2, 0.25) is 0 Å². The van der Waals surface area contributed by atoms with Gasteiger partial charge in [-0.15, -0.1) is 0 Å². The van der Waals surface area contributed by atoms with Crippen molar-refractivity contribution >= 4 is 11.4 Å². The van der Waals surface area contributed by atoms with Crippen LogP contribution in [0.25, 0.3) is 0 Å². The van der Waals surface area contributed by atoms with Crippen LogP contribution in [0.2, 0.25) is 0 Å². The van der Waals surface area contributed by atoms with Crippen molar-refractivity contribution in [2.45, 2.75) is 5.79 Å². The molecule has 3 rings (SSSR count). The summed E-state index contributed by atoms with van der Waals surface area (Å²) in [5, 5.41) is 0. The molecule has 2 aliphatic heterocycles. The molecule has 0 atom stereocenters. The van der Waals surface area contributed by atoms with E-state index < -0.39 is 5.79 Å². The van der Waals surface area contributed by atoms with Gasteiger partial charge >= 0.3 is 5.79 Å². The van der Waals surface area contributed by atoms with Gasteiger partial charge in [0.25, 0.3) is 0 Å². The van der Waals surface area contributed by atoms with E-state index in [9.17, 15) is 0 Å². The van der Waals surface area contributed by atoms with Gasteiger partial charge in [-0.05, 0) is 12.2 Å². The molecule has 74 valence electrons. The van der Waals surface area contributed by atoms with Crippen LogP contribution >= 0.6 is 0 Å². The van der Waals surface area contributed by atoms with Gasteiger partial charge in [-0.3, -0.25) is 0 Å². The second-order valence-electron chi connectivity index (χ2n) is 3.17. The Morgan fingerprint density at radius 1 is 0.867 bits per heavy atom. The summed E-state index contributed by atoms with van der Waals surface area (Å²) >= 11 is 0. The molecule has 0 amide bonds. The normalized spacial score (nSPS) is 24.0. The SMILES string of the molecule is C1=CC2=NC=COC23OC=CN=C3C=C1. The third kappa shape index (κ3) is 1.08. The van der Waals surface area contributed by atoms with Gasteiger partial charge in [-0.25, -0.2) is 9.98 Å². The van der Waals surface area contributed by atoms with E-state index in [0.29, 0.717) is 11.4 Å². The van der Waals surface area contributed by atoms with Crippen LogP contribution in [0.3, 0.4) is 0 Å². The minimum absolute atomic E-state index is 0.693. The van der Waals surface area contributed by atoms with Crippen molar-refractivity contribution in [1.82, 2.24) is 0 Å². The Kier molecular flexibility index (Phi) is 1.62. The van der Waals surface area contributed by atoms with E-state index in [0.717, 1.165) is 0 Å². The quantitative estimate of drug-likeness (QED) is 0.597. The summed E-state index contributed by atoms with van der Waals surface area (Å²) < 4.78 is 11.1. The van der Waals surface area contributed by atoms with E-state index in [-0.39, 0.29) is 0 Å². The first kappa shape index (κ1) is 8.23. The van der Waals surface area contributed by atoms with E-state index in [1.54, 1.807) is 12.4 Å². The van der Waals surface area contributed by atoms with Crippen LogP contribution in [0.1, 0.15) is 0 Å². The van der Waals surface area contributed by atoms with Crippen LogP contribution in [0.5, 0.6) is 0 Å². The molecule has 4 nitrogen and oxygen atoms in total. The zero-order valence-corrected chi connectivity index (χ0v) is 7.83. The molecule has 0 N–H and O–H groups in total. The Morgan fingerprint density at radius 3 is 1.93 bits per heavy atom. The van der Waals surface area contributed by atoms with Crippen LogP contribution in [0.4, 0.5) is 0 Å². The molecule has 0 aromatic rings. The fourth-order valence-electron chi connectivity index (χ4n) is 1.64. The van der Waals surface area contributed by atoms with Crippen molar-refractivity contribution in [3.8, 4) is 0 Å². The first-order chi connectivity index (χ1) is 7.42. The summed E-state index contributed by atoms with van der Waals surface area (Å²) in [6.07, 6.45) is 13.7. The molecular formula is C11H8N2O2. The Morgan fingerprint density at radius 2 is 1.40 bits per heavy atom. The summed E-state index contributed by atoms with van der Waals surface area (Å²) in [4.78, 5) is 8.46. The molecule has 0 unspecified atom stereocenters. The van der Waals surface area contributed by atoms with E-state index in [1.807, 2.05) is 24.3 Å².